The Morgan fingerprint density at radius 1 is 1.46 bits per heavy atom. The molecule has 0 spiro atoms. The molecule has 6 nitrogen and oxygen atoms in total. The van der Waals surface area contributed by atoms with Crippen molar-refractivity contribution in [2.24, 2.45) is 11.5 Å². The van der Waals surface area contributed by atoms with Gasteiger partial charge in [-0.2, -0.15) is 0 Å². The molecule has 76 valence electrons. The fourth-order valence-electron chi connectivity index (χ4n) is 0.755. The molecule has 0 aliphatic rings. The van der Waals surface area contributed by atoms with Gasteiger partial charge in [-0.1, -0.05) is 0 Å². The first-order valence-electron chi connectivity index (χ1n) is 3.94. The Hall–Kier alpha value is -1.30. The van der Waals surface area contributed by atoms with Gasteiger partial charge < -0.3 is 21.1 Å². The normalized spacial score (nSPS) is 9.38. The first kappa shape index (κ1) is 11.7. The topological polar surface area (TPSA) is 98.6 Å². The second-order valence-electron chi connectivity index (χ2n) is 2.54. The average Bonchev–Trinajstić information content (AvgIpc) is 2.10. The van der Waals surface area contributed by atoms with Gasteiger partial charge in [0.05, 0.1) is 13.2 Å². The van der Waals surface area contributed by atoms with E-state index in [1.807, 2.05) is 0 Å². The van der Waals surface area contributed by atoms with Crippen LogP contribution in [0.5, 0.6) is 0 Å². The average molecular weight is 189 g/mol. The van der Waals surface area contributed by atoms with Crippen LogP contribution in [0.1, 0.15) is 6.42 Å². The Morgan fingerprint density at radius 2 is 2.08 bits per heavy atom. The number of ether oxygens (including phenoxy) is 1. The maximum atomic E-state index is 10.9. The minimum atomic E-state index is -0.798. The summed E-state index contributed by atoms with van der Waals surface area (Å²) in [6.07, 6.45) is -0.238. The van der Waals surface area contributed by atoms with E-state index in [0.717, 1.165) is 0 Å². The van der Waals surface area contributed by atoms with Crippen LogP contribution in [-0.2, 0) is 9.53 Å². The molecule has 0 saturated heterocycles. The van der Waals surface area contributed by atoms with Crippen LogP contribution in [0.25, 0.3) is 0 Å². The van der Waals surface area contributed by atoms with Gasteiger partial charge in [-0.3, -0.25) is 4.79 Å². The van der Waals surface area contributed by atoms with Crippen LogP contribution in [0.2, 0.25) is 0 Å². The molecule has 0 heterocycles. The van der Waals surface area contributed by atoms with E-state index < -0.39 is 6.09 Å². The molecule has 4 N–H and O–H groups in total. The fraction of sp³-hybridized carbons (Fsp3) is 0.714. The van der Waals surface area contributed by atoms with Gasteiger partial charge in [-0.05, 0) is 6.42 Å². The molecule has 0 unspecified atom stereocenters. The minimum absolute atomic E-state index is 0.00677. The lowest BCUT2D eigenvalue weighted by atomic mass is 10.4. The lowest BCUT2D eigenvalue weighted by molar-refractivity contribution is -0.128. The number of nitrogens with zero attached hydrogens (tertiary/aromatic N) is 1. The summed E-state index contributed by atoms with van der Waals surface area (Å²) in [6.45, 7) is 0.716. The molecule has 0 radical (unpaired) electrons. The molecule has 0 rings (SSSR count). The van der Waals surface area contributed by atoms with E-state index in [1.54, 1.807) is 7.05 Å². The Kier molecular flexibility index (Phi) is 5.62. The second kappa shape index (κ2) is 6.24. The highest BCUT2D eigenvalue weighted by atomic mass is 16.5. The van der Waals surface area contributed by atoms with Gasteiger partial charge >= 0.3 is 6.09 Å². The Balaban J connectivity index is 3.42. The van der Waals surface area contributed by atoms with Crippen molar-refractivity contribution in [2.45, 2.75) is 6.42 Å². The minimum Gasteiger partial charge on any atom is -0.450 e. The molecule has 0 aliphatic heterocycles. The van der Waals surface area contributed by atoms with Gasteiger partial charge in [-0.15, -0.1) is 0 Å². The molecule has 0 fully saturated rings. The number of rotatable bonds is 5. The number of amides is 2. The molecule has 0 atom stereocenters. The van der Waals surface area contributed by atoms with Gasteiger partial charge in [0.25, 0.3) is 0 Å². The van der Waals surface area contributed by atoms with Gasteiger partial charge in [0.15, 0.2) is 0 Å². The van der Waals surface area contributed by atoms with Crippen molar-refractivity contribution >= 4 is 12.0 Å². The maximum absolute atomic E-state index is 10.9. The molecular formula is C7H15N3O3. The van der Waals surface area contributed by atoms with Gasteiger partial charge in [0.2, 0.25) is 5.91 Å². The summed E-state index contributed by atoms with van der Waals surface area (Å²) in [5, 5.41) is 0. The number of carbonyl (C=O) groups is 2. The van der Waals surface area contributed by atoms with E-state index >= 15 is 0 Å². The number of carbonyl (C=O) groups excluding carboxylic acids is 2. The molecule has 0 aromatic carbocycles. The maximum Gasteiger partial charge on any atom is 0.404 e. The summed E-state index contributed by atoms with van der Waals surface area (Å²) in [4.78, 5) is 22.5. The predicted molar refractivity (Wildman–Crippen MR) is 46.8 cm³/mol. The highest BCUT2D eigenvalue weighted by Crippen LogP contribution is 1.88. The van der Waals surface area contributed by atoms with Crippen LogP contribution >= 0.6 is 0 Å². The van der Waals surface area contributed by atoms with E-state index in [9.17, 15) is 9.59 Å². The summed E-state index contributed by atoms with van der Waals surface area (Å²) in [5.41, 5.74) is 9.86. The van der Waals surface area contributed by atoms with Crippen LogP contribution in [0.3, 0.4) is 0 Å². The molecule has 2 amide bonds. The Bertz CT molecular complexity index is 184. The smallest absolute Gasteiger partial charge is 0.404 e. The third kappa shape index (κ3) is 5.92. The highest BCUT2D eigenvalue weighted by Gasteiger charge is 2.05. The van der Waals surface area contributed by atoms with E-state index in [-0.39, 0.29) is 19.1 Å². The molecule has 0 aromatic heterocycles. The zero-order chi connectivity index (χ0) is 10.3. The summed E-state index contributed by atoms with van der Waals surface area (Å²) in [5.74, 6) is -0.140. The number of hydrogen-bond donors (Lipinski definition) is 2. The summed E-state index contributed by atoms with van der Waals surface area (Å²) in [6, 6.07) is 0. The molecule has 0 saturated carbocycles. The van der Waals surface area contributed by atoms with E-state index in [2.05, 4.69) is 4.74 Å². The third-order valence-electron chi connectivity index (χ3n) is 1.48. The van der Waals surface area contributed by atoms with E-state index in [0.29, 0.717) is 13.0 Å². The van der Waals surface area contributed by atoms with Crippen molar-refractivity contribution in [1.82, 2.24) is 4.90 Å². The molecular weight excluding hydrogens is 174 g/mol. The van der Waals surface area contributed by atoms with Crippen molar-refractivity contribution in [3.63, 3.8) is 0 Å². The molecule has 0 aromatic rings. The third-order valence-corrected chi connectivity index (χ3v) is 1.48. The summed E-state index contributed by atoms with van der Waals surface area (Å²) >= 11 is 0. The van der Waals surface area contributed by atoms with Gasteiger partial charge in [0.1, 0.15) is 0 Å². The van der Waals surface area contributed by atoms with Crippen LogP contribution in [0, 0.1) is 0 Å². The van der Waals surface area contributed by atoms with Gasteiger partial charge in [0, 0.05) is 13.6 Å². The first-order chi connectivity index (χ1) is 6.07. The lowest BCUT2D eigenvalue weighted by Crippen LogP contribution is -2.33. The quantitative estimate of drug-likeness (QED) is 0.535. The summed E-state index contributed by atoms with van der Waals surface area (Å²) < 4.78 is 4.48. The molecule has 6 heteroatoms. The van der Waals surface area contributed by atoms with Crippen molar-refractivity contribution < 1.29 is 14.3 Å². The molecule has 13 heavy (non-hydrogen) atoms. The Labute approximate surface area is 76.8 Å². The number of likely N-dealkylation sites (N-methyl/N-ethyl adjacent to an activating group) is 1. The van der Waals surface area contributed by atoms with Crippen LogP contribution < -0.4 is 11.5 Å². The summed E-state index contributed by atoms with van der Waals surface area (Å²) in [7, 11) is 1.64. The lowest BCUT2D eigenvalue weighted by Gasteiger charge is -2.15. The second-order valence-corrected chi connectivity index (χ2v) is 2.54. The molecule has 0 bridgehead atoms. The SMILES string of the molecule is CN(CCCOC(N)=O)C(=O)CN. The standard InChI is InChI=1S/C7H15N3O3/c1-10(6(11)5-8)3-2-4-13-7(9)12/h2-5,8H2,1H3,(H2,9,12). The predicted octanol–water partition coefficient (Wildman–Crippen LogP) is -1.11. The highest BCUT2D eigenvalue weighted by molar-refractivity contribution is 5.77. The zero-order valence-electron chi connectivity index (χ0n) is 7.66. The largest absolute Gasteiger partial charge is 0.450 e. The van der Waals surface area contributed by atoms with Crippen LogP contribution in [0.15, 0.2) is 0 Å². The van der Waals surface area contributed by atoms with Crippen molar-refractivity contribution in [2.75, 3.05) is 26.7 Å². The van der Waals surface area contributed by atoms with Crippen LogP contribution in [0.4, 0.5) is 4.79 Å². The zero-order valence-corrected chi connectivity index (χ0v) is 7.66. The number of primary amides is 1. The van der Waals surface area contributed by atoms with E-state index in [1.165, 1.54) is 4.90 Å². The fourth-order valence-corrected chi connectivity index (χ4v) is 0.755. The van der Waals surface area contributed by atoms with Crippen molar-refractivity contribution in [3.8, 4) is 0 Å². The van der Waals surface area contributed by atoms with Crippen LogP contribution in [-0.4, -0.2) is 43.6 Å². The van der Waals surface area contributed by atoms with Crippen molar-refractivity contribution in [3.05, 3.63) is 0 Å². The monoisotopic (exact) mass is 189 g/mol. The first-order valence-corrected chi connectivity index (χ1v) is 3.94. The van der Waals surface area contributed by atoms with E-state index in [4.69, 9.17) is 11.5 Å². The van der Waals surface area contributed by atoms with Gasteiger partial charge in [-0.25, -0.2) is 4.79 Å². The number of nitrogens with two attached hydrogens (primary N) is 2. The Morgan fingerprint density at radius 3 is 2.54 bits per heavy atom. The van der Waals surface area contributed by atoms with Crippen molar-refractivity contribution in [1.29, 1.82) is 0 Å². The number of hydrogen-bond acceptors (Lipinski definition) is 4. The molecule has 0 aliphatic carbocycles.